The van der Waals surface area contributed by atoms with Crippen LogP contribution >= 0.6 is 11.3 Å². The lowest BCUT2D eigenvalue weighted by Crippen LogP contribution is -2.51. The third-order valence-electron chi connectivity index (χ3n) is 7.56. The van der Waals surface area contributed by atoms with Crippen molar-refractivity contribution < 1.29 is 19.2 Å². The number of carbonyl (C=O) groups is 4. The molecule has 0 bridgehead atoms. The molecule has 2 atom stereocenters. The van der Waals surface area contributed by atoms with Gasteiger partial charge in [0.2, 0.25) is 11.8 Å². The summed E-state index contributed by atoms with van der Waals surface area (Å²) in [4.78, 5) is 55.2. The quantitative estimate of drug-likeness (QED) is 0.572. The highest BCUT2D eigenvalue weighted by atomic mass is 32.1. The first-order valence-corrected chi connectivity index (χ1v) is 13.3. The van der Waals surface area contributed by atoms with Crippen molar-refractivity contribution in [2.24, 2.45) is 11.7 Å². The largest absolute Gasteiger partial charge is 0.351 e. The summed E-state index contributed by atoms with van der Waals surface area (Å²) in [6.45, 7) is 0.159. The van der Waals surface area contributed by atoms with E-state index in [0.29, 0.717) is 31.0 Å². The van der Waals surface area contributed by atoms with Gasteiger partial charge in [-0.25, -0.2) is 9.59 Å². The van der Waals surface area contributed by atoms with E-state index in [9.17, 15) is 19.2 Å². The summed E-state index contributed by atoms with van der Waals surface area (Å²) in [5.41, 5.74) is 9.15. The number of urea groups is 2. The van der Waals surface area contributed by atoms with Crippen LogP contribution in [0.3, 0.4) is 0 Å². The maximum atomic E-state index is 13.6. The number of nitrogens with zero attached hydrogens (tertiary/aromatic N) is 2. The number of anilines is 1. The molecule has 190 valence electrons. The van der Waals surface area contributed by atoms with Crippen molar-refractivity contribution in [3.63, 3.8) is 0 Å². The van der Waals surface area contributed by atoms with Crippen molar-refractivity contribution >= 4 is 40.9 Å². The number of rotatable bonds is 5. The second kappa shape index (κ2) is 9.93. The number of primary amides is 1. The van der Waals surface area contributed by atoms with Crippen molar-refractivity contribution in [2.45, 2.75) is 57.0 Å². The number of amides is 6. The van der Waals surface area contributed by atoms with Crippen LogP contribution in [0, 0.1) is 5.92 Å². The summed E-state index contributed by atoms with van der Waals surface area (Å²) < 4.78 is 0. The Bertz CT molecular complexity index is 1210. The van der Waals surface area contributed by atoms with Crippen molar-refractivity contribution in [2.75, 3.05) is 18.9 Å². The predicted molar refractivity (Wildman–Crippen MR) is 137 cm³/mol. The van der Waals surface area contributed by atoms with Crippen LogP contribution in [0.25, 0.3) is 0 Å². The molecule has 0 unspecified atom stereocenters. The number of hydrogen-bond acceptors (Lipinski definition) is 5. The molecule has 0 saturated heterocycles. The standard InChI is InChI=1S/C26H31N5O4S/c1-28-26(35)29-18-5-7-19-16(12-18)4-6-20(19)24(33)31(25(27)34)14-23(32)30-13-17-10-11-36-22(17)9-8-21(30)15-2-3-15/h5,7,10-12,15,20-21H,2-4,6,8-9,13-14H2,1H3,(H2,27,34)(H2,28,29,35)/t20-,21-/m0/s1. The minimum absolute atomic E-state index is 0.125. The van der Waals surface area contributed by atoms with E-state index in [1.165, 1.54) is 11.9 Å². The Labute approximate surface area is 214 Å². The van der Waals surface area contributed by atoms with Gasteiger partial charge in [-0.3, -0.25) is 14.5 Å². The number of thiophene rings is 1. The predicted octanol–water partition coefficient (Wildman–Crippen LogP) is 3.19. The molecule has 6 amide bonds. The zero-order valence-corrected chi connectivity index (χ0v) is 21.1. The molecule has 0 spiro atoms. The van der Waals surface area contributed by atoms with E-state index in [4.69, 9.17) is 5.73 Å². The number of hydrogen-bond donors (Lipinski definition) is 3. The highest BCUT2D eigenvalue weighted by Crippen LogP contribution is 2.41. The van der Waals surface area contributed by atoms with E-state index in [-0.39, 0.29) is 24.5 Å². The Balaban J connectivity index is 1.33. The first-order valence-electron chi connectivity index (χ1n) is 12.4. The van der Waals surface area contributed by atoms with Crippen LogP contribution in [-0.4, -0.2) is 53.3 Å². The molecule has 1 aliphatic heterocycles. The van der Waals surface area contributed by atoms with E-state index >= 15 is 0 Å². The third-order valence-corrected chi connectivity index (χ3v) is 8.58. The average Bonchev–Trinajstić information content (AvgIpc) is 3.51. The summed E-state index contributed by atoms with van der Waals surface area (Å²) in [6, 6.07) is 6.33. The fraction of sp³-hybridized carbons (Fsp3) is 0.462. The minimum Gasteiger partial charge on any atom is -0.351 e. The molecule has 5 rings (SSSR count). The Hall–Kier alpha value is -3.40. The van der Waals surface area contributed by atoms with Gasteiger partial charge in [0, 0.05) is 30.2 Å². The van der Waals surface area contributed by atoms with Gasteiger partial charge in [0.15, 0.2) is 0 Å². The first-order chi connectivity index (χ1) is 17.4. The highest BCUT2D eigenvalue weighted by molar-refractivity contribution is 7.10. The summed E-state index contributed by atoms with van der Waals surface area (Å²) >= 11 is 1.72. The molecule has 9 nitrogen and oxygen atoms in total. The monoisotopic (exact) mass is 509 g/mol. The molecule has 4 N–H and O–H groups in total. The number of nitrogens with two attached hydrogens (primary N) is 1. The van der Waals surface area contributed by atoms with Gasteiger partial charge >= 0.3 is 12.1 Å². The van der Waals surface area contributed by atoms with Crippen LogP contribution in [0.5, 0.6) is 0 Å². The third kappa shape index (κ3) is 4.82. The molecular formula is C26H31N5O4S. The summed E-state index contributed by atoms with van der Waals surface area (Å²) in [5.74, 6) is -0.752. The van der Waals surface area contributed by atoms with Crippen LogP contribution in [0.2, 0.25) is 0 Å². The number of aryl methyl sites for hydroxylation is 2. The Morgan fingerprint density at radius 1 is 1.08 bits per heavy atom. The van der Waals surface area contributed by atoms with E-state index < -0.39 is 17.9 Å². The lowest BCUT2D eigenvalue weighted by atomic mass is 9.99. The van der Waals surface area contributed by atoms with E-state index in [0.717, 1.165) is 47.3 Å². The summed E-state index contributed by atoms with van der Waals surface area (Å²) in [6.07, 6.45) is 5.21. The lowest BCUT2D eigenvalue weighted by Gasteiger charge is -2.32. The Kier molecular flexibility index (Phi) is 6.70. The highest BCUT2D eigenvalue weighted by Gasteiger charge is 2.41. The number of imide groups is 1. The maximum absolute atomic E-state index is 13.6. The van der Waals surface area contributed by atoms with Crippen LogP contribution in [0.15, 0.2) is 29.6 Å². The van der Waals surface area contributed by atoms with E-state index in [1.54, 1.807) is 23.5 Å². The van der Waals surface area contributed by atoms with Gasteiger partial charge in [0.25, 0.3) is 0 Å². The van der Waals surface area contributed by atoms with Crippen LogP contribution in [-0.2, 0) is 29.0 Å². The molecular weight excluding hydrogens is 478 g/mol. The zero-order chi connectivity index (χ0) is 25.4. The van der Waals surface area contributed by atoms with Gasteiger partial charge in [-0.1, -0.05) is 6.07 Å². The Morgan fingerprint density at radius 3 is 2.61 bits per heavy atom. The molecule has 2 heterocycles. The lowest BCUT2D eigenvalue weighted by molar-refractivity contribution is -0.141. The normalized spacial score (nSPS) is 20.6. The molecule has 1 aromatic carbocycles. The topological polar surface area (TPSA) is 125 Å². The van der Waals surface area contributed by atoms with Crippen molar-refractivity contribution in [3.8, 4) is 0 Å². The van der Waals surface area contributed by atoms with Gasteiger partial charge < -0.3 is 21.3 Å². The molecule has 36 heavy (non-hydrogen) atoms. The first kappa shape index (κ1) is 24.3. The van der Waals surface area contributed by atoms with Crippen LogP contribution in [0.4, 0.5) is 15.3 Å². The molecule has 3 aliphatic rings. The second-order valence-corrected chi connectivity index (χ2v) is 10.8. The molecule has 1 saturated carbocycles. The maximum Gasteiger partial charge on any atom is 0.321 e. The number of fused-ring (bicyclic) bond motifs is 2. The molecule has 2 aliphatic carbocycles. The second-order valence-electron chi connectivity index (χ2n) is 9.81. The number of nitrogens with one attached hydrogen (secondary N) is 2. The molecule has 0 radical (unpaired) electrons. The van der Waals surface area contributed by atoms with Gasteiger partial charge in [0.1, 0.15) is 6.54 Å². The van der Waals surface area contributed by atoms with Crippen molar-refractivity contribution in [1.82, 2.24) is 15.1 Å². The number of carbonyl (C=O) groups excluding carboxylic acids is 4. The van der Waals surface area contributed by atoms with Crippen molar-refractivity contribution in [3.05, 3.63) is 51.2 Å². The fourth-order valence-electron chi connectivity index (χ4n) is 5.53. The summed E-state index contributed by atoms with van der Waals surface area (Å²) in [5, 5.41) is 7.29. The molecule has 2 aromatic rings. The van der Waals surface area contributed by atoms with Gasteiger partial charge in [-0.05, 0) is 84.7 Å². The molecule has 1 fully saturated rings. The minimum atomic E-state index is -0.909. The summed E-state index contributed by atoms with van der Waals surface area (Å²) in [7, 11) is 1.54. The van der Waals surface area contributed by atoms with Gasteiger partial charge in [0.05, 0.1) is 5.92 Å². The van der Waals surface area contributed by atoms with Gasteiger partial charge in [-0.2, -0.15) is 0 Å². The molecule has 1 aromatic heterocycles. The average molecular weight is 510 g/mol. The fourth-order valence-corrected chi connectivity index (χ4v) is 6.45. The SMILES string of the molecule is CNC(=O)Nc1ccc2c(c1)CC[C@@H]2C(=O)N(CC(=O)N1Cc2ccsc2CC[C@H]1C1CC1)C(N)=O. The van der Waals surface area contributed by atoms with E-state index in [2.05, 4.69) is 22.1 Å². The van der Waals surface area contributed by atoms with E-state index in [1.807, 2.05) is 11.0 Å². The number of benzene rings is 1. The van der Waals surface area contributed by atoms with Crippen molar-refractivity contribution in [1.29, 1.82) is 0 Å². The smallest absolute Gasteiger partial charge is 0.321 e. The van der Waals surface area contributed by atoms with Crippen LogP contribution < -0.4 is 16.4 Å². The molecule has 10 heteroatoms. The Morgan fingerprint density at radius 2 is 1.89 bits per heavy atom. The van der Waals surface area contributed by atoms with Gasteiger partial charge in [-0.15, -0.1) is 11.3 Å². The van der Waals surface area contributed by atoms with Crippen LogP contribution in [0.1, 0.15) is 53.2 Å². The zero-order valence-electron chi connectivity index (χ0n) is 20.3.